The largest absolute Gasteiger partial charge is 0.393 e. The molecule has 0 unspecified atom stereocenters. The third kappa shape index (κ3) is 4.34. The number of anilines is 1. The summed E-state index contributed by atoms with van der Waals surface area (Å²) >= 11 is 0. The average molecular weight is 295 g/mol. The number of urea groups is 1. The zero-order chi connectivity index (χ0) is 16.0. The van der Waals surface area contributed by atoms with Crippen LogP contribution < -0.4 is 16.4 Å². The number of nitrogen functional groups attached to an aromatic ring is 1. The minimum absolute atomic E-state index is 0.0754. The number of nitro benzene ring substituents is 1. The molecule has 0 fully saturated rings. The maximum absolute atomic E-state index is 11.9. The Kier molecular flexibility index (Phi) is 5.47. The lowest BCUT2D eigenvalue weighted by molar-refractivity contribution is -0.384. The van der Waals surface area contributed by atoms with E-state index in [2.05, 4.69) is 10.6 Å². The minimum Gasteiger partial charge on any atom is -0.393 e. The summed E-state index contributed by atoms with van der Waals surface area (Å²) in [6.07, 6.45) is 0. The van der Waals surface area contributed by atoms with E-state index in [1.165, 1.54) is 23.1 Å². The SMILES string of the molecule is CN(C)C(=O)NCCNC(=O)c1cccc(N)c1[N+](=O)[O-]. The molecule has 0 saturated heterocycles. The van der Waals surface area contributed by atoms with Crippen molar-refractivity contribution in [2.24, 2.45) is 0 Å². The predicted octanol–water partition coefficient (Wildman–Crippen LogP) is 0.178. The van der Waals surface area contributed by atoms with Crippen molar-refractivity contribution in [3.05, 3.63) is 33.9 Å². The van der Waals surface area contributed by atoms with Crippen LogP contribution in [0.25, 0.3) is 0 Å². The van der Waals surface area contributed by atoms with Gasteiger partial charge in [-0.05, 0) is 12.1 Å². The molecule has 1 aromatic rings. The molecule has 0 radical (unpaired) electrons. The fraction of sp³-hybridized carbons (Fsp3) is 0.333. The van der Waals surface area contributed by atoms with Gasteiger partial charge >= 0.3 is 11.7 Å². The number of benzene rings is 1. The number of nitro groups is 1. The van der Waals surface area contributed by atoms with Crippen molar-refractivity contribution in [3.63, 3.8) is 0 Å². The van der Waals surface area contributed by atoms with Crippen LogP contribution in [0.2, 0.25) is 0 Å². The molecule has 9 nitrogen and oxygen atoms in total. The minimum atomic E-state index is -0.696. The molecule has 1 rings (SSSR count). The van der Waals surface area contributed by atoms with Crippen molar-refractivity contribution in [2.45, 2.75) is 0 Å². The van der Waals surface area contributed by atoms with Gasteiger partial charge in [-0.25, -0.2) is 4.79 Å². The lowest BCUT2D eigenvalue weighted by Crippen LogP contribution is -2.39. The highest BCUT2D eigenvalue weighted by atomic mass is 16.6. The summed E-state index contributed by atoms with van der Waals surface area (Å²) in [4.78, 5) is 34.7. The van der Waals surface area contributed by atoms with Crippen LogP contribution in [0.15, 0.2) is 18.2 Å². The van der Waals surface area contributed by atoms with E-state index < -0.39 is 16.5 Å². The van der Waals surface area contributed by atoms with Gasteiger partial charge in [-0.15, -0.1) is 0 Å². The molecule has 0 aliphatic carbocycles. The van der Waals surface area contributed by atoms with E-state index in [4.69, 9.17) is 5.73 Å². The molecule has 0 atom stereocenters. The Morgan fingerprint density at radius 2 is 1.90 bits per heavy atom. The number of nitrogens with one attached hydrogen (secondary N) is 2. The highest BCUT2D eigenvalue weighted by molar-refractivity contribution is 6.00. The molecule has 3 amide bonds. The predicted molar refractivity (Wildman–Crippen MR) is 76.9 cm³/mol. The Morgan fingerprint density at radius 3 is 2.48 bits per heavy atom. The number of carbonyl (C=O) groups is 2. The summed E-state index contributed by atoms with van der Waals surface area (Å²) < 4.78 is 0. The first kappa shape index (κ1) is 16.2. The van der Waals surface area contributed by atoms with E-state index in [1.54, 1.807) is 14.1 Å². The van der Waals surface area contributed by atoms with Crippen molar-refractivity contribution in [3.8, 4) is 0 Å². The van der Waals surface area contributed by atoms with E-state index in [1.807, 2.05) is 0 Å². The van der Waals surface area contributed by atoms with E-state index in [9.17, 15) is 19.7 Å². The van der Waals surface area contributed by atoms with Crippen LogP contribution in [0, 0.1) is 10.1 Å². The van der Waals surface area contributed by atoms with Gasteiger partial charge in [-0.3, -0.25) is 14.9 Å². The molecule has 0 aliphatic rings. The van der Waals surface area contributed by atoms with Gasteiger partial charge in [-0.2, -0.15) is 0 Å². The Balaban J connectivity index is 2.63. The van der Waals surface area contributed by atoms with Gasteiger partial charge in [-0.1, -0.05) is 6.07 Å². The number of nitrogens with zero attached hydrogens (tertiary/aromatic N) is 2. The molecule has 21 heavy (non-hydrogen) atoms. The number of rotatable bonds is 5. The van der Waals surface area contributed by atoms with Gasteiger partial charge in [0.2, 0.25) is 0 Å². The number of hydrogen-bond donors (Lipinski definition) is 3. The molecule has 0 aliphatic heterocycles. The van der Waals surface area contributed by atoms with E-state index in [-0.39, 0.29) is 30.4 Å². The van der Waals surface area contributed by atoms with Crippen LogP contribution in [0.5, 0.6) is 0 Å². The monoisotopic (exact) mass is 295 g/mol. The third-order valence-corrected chi connectivity index (χ3v) is 2.59. The van der Waals surface area contributed by atoms with Crippen molar-refractivity contribution >= 4 is 23.3 Å². The second-order valence-corrected chi connectivity index (χ2v) is 4.38. The standard InChI is InChI=1S/C12H17N5O4/c1-16(2)12(19)15-7-6-14-11(18)8-4-3-5-9(13)10(8)17(20)21/h3-5H,6-7,13H2,1-2H3,(H,14,18)(H,15,19). The summed E-state index contributed by atoms with van der Waals surface area (Å²) in [5, 5.41) is 16.0. The molecule has 0 bridgehead atoms. The fourth-order valence-corrected chi connectivity index (χ4v) is 1.55. The number of hydrogen-bond acceptors (Lipinski definition) is 5. The quantitative estimate of drug-likeness (QED) is 0.308. The molecule has 0 spiro atoms. The van der Waals surface area contributed by atoms with Crippen molar-refractivity contribution in [2.75, 3.05) is 32.9 Å². The third-order valence-electron chi connectivity index (χ3n) is 2.59. The Bertz CT molecular complexity index is 559. The maximum Gasteiger partial charge on any atom is 0.316 e. The zero-order valence-corrected chi connectivity index (χ0v) is 11.8. The highest BCUT2D eigenvalue weighted by Gasteiger charge is 2.22. The van der Waals surface area contributed by atoms with E-state index in [0.717, 1.165) is 0 Å². The molecule has 1 aromatic carbocycles. The Morgan fingerprint density at radius 1 is 1.29 bits per heavy atom. The first-order valence-electron chi connectivity index (χ1n) is 6.10. The molecule has 0 aromatic heterocycles. The van der Waals surface area contributed by atoms with Crippen molar-refractivity contribution in [1.29, 1.82) is 0 Å². The van der Waals surface area contributed by atoms with Gasteiger partial charge in [0.15, 0.2) is 0 Å². The Labute approximate surface area is 121 Å². The summed E-state index contributed by atoms with van der Waals surface area (Å²) in [6, 6.07) is 3.85. The Hall–Kier alpha value is -2.84. The van der Waals surface area contributed by atoms with Crippen LogP contribution in [0.3, 0.4) is 0 Å². The van der Waals surface area contributed by atoms with Gasteiger partial charge in [0.05, 0.1) is 4.92 Å². The van der Waals surface area contributed by atoms with Crippen molar-refractivity contribution < 1.29 is 14.5 Å². The summed E-state index contributed by atoms with van der Waals surface area (Å²) in [6.45, 7) is 0.350. The number of amides is 3. The van der Waals surface area contributed by atoms with Gasteiger partial charge in [0, 0.05) is 27.2 Å². The lowest BCUT2D eigenvalue weighted by atomic mass is 10.1. The first-order chi connectivity index (χ1) is 9.84. The lowest BCUT2D eigenvalue weighted by Gasteiger charge is -2.12. The maximum atomic E-state index is 11.9. The zero-order valence-electron chi connectivity index (χ0n) is 11.8. The summed E-state index contributed by atoms with van der Waals surface area (Å²) in [5.41, 5.74) is 4.89. The molecule has 0 saturated carbocycles. The molecular formula is C12H17N5O4. The number of para-hydroxylation sites is 1. The molecule has 9 heteroatoms. The number of nitrogens with two attached hydrogens (primary N) is 1. The molecular weight excluding hydrogens is 278 g/mol. The van der Waals surface area contributed by atoms with Crippen LogP contribution in [-0.2, 0) is 0 Å². The summed E-state index contributed by atoms with van der Waals surface area (Å²) in [5.74, 6) is -0.617. The van der Waals surface area contributed by atoms with Crippen LogP contribution in [0.4, 0.5) is 16.2 Å². The van der Waals surface area contributed by atoms with Crippen molar-refractivity contribution in [1.82, 2.24) is 15.5 Å². The molecule has 114 valence electrons. The van der Waals surface area contributed by atoms with Gasteiger partial charge in [0.25, 0.3) is 5.91 Å². The van der Waals surface area contributed by atoms with E-state index in [0.29, 0.717) is 0 Å². The second-order valence-electron chi connectivity index (χ2n) is 4.38. The number of carbonyl (C=O) groups excluding carboxylic acids is 2. The van der Waals surface area contributed by atoms with Gasteiger partial charge < -0.3 is 21.3 Å². The smallest absolute Gasteiger partial charge is 0.316 e. The van der Waals surface area contributed by atoms with Gasteiger partial charge in [0.1, 0.15) is 11.3 Å². The highest BCUT2D eigenvalue weighted by Crippen LogP contribution is 2.25. The van der Waals surface area contributed by atoms with Crippen LogP contribution >= 0.6 is 0 Å². The normalized spacial score (nSPS) is 9.81. The molecule has 0 heterocycles. The molecule has 4 N–H and O–H groups in total. The fourth-order valence-electron chi connectivity index (χ4n) is 1.55. The van der Waals surface area contributed by atoms with E-state index >= 15 is 0 Å². The summed E-state index contributed by atoms with van der Waals surface area (Å²) in [7, 11) is 3.17. The average Bonchev–Trinajstić information content (AvgIpc) is 2.42. The van der Waals surface area contributed by atoms with Crippen LogP contribution in [-0.4, -0.2) is 48.9 Å². The topological polar surface area (TPSA) is 131 Å². The first-order valence-corrected chi connectivity index (χ1v) is 6.10. The van der Waals surface area contributed by atoms with Crippen LogP contribution in [0.1, 0.15) is 10.4 Å². The second kappa shape index (κ2) is 7.08.